The summed E-state index contributed by atoms with van der Waals surface area (Å²) in [6.07, 6.45) is 3.33. The number of carbonyl (C=O) groups excluding carboxylic acids is 1. The van der Waals surface area contributed by atoms with E-state index in [2.05, 4.69) is 27.5 Å². The molecule has 140 valence electrons. The fourth-order valence-electron chi connectivity index (χ4n) is 3.76. The second-order valence-electron chi connectivity index (χ2n) is 7.37. The number of aromatic nitrogens is 3. The Balaban J connectivity index is 1.47. The van der Waals surface area contributed by atoms with Gasteiger partial charge in [-0.15, -0.1) is 0 Å². The van der Waals surface area contributed by atoms with Gasteiger partial charge in [0.1, 0.15) is 0 Å². The molecule has 27 heavy (non-hydrogen) atoms. The zero-order valence-corrected chi connectivity index (χ0v) is 15.7. The molecule has 2 N–H and O–H groups in total. The Morgan fingerprint density at radius 3 is 2.74 bits per heavy atom. The van der Waals surface area contributed by atoms with Gasteiger partial charge in [0, 0.05) is 23.9 Å². The third-order valence-electron chi connectivity index (χ3n) is 5.37. The van der Waals surface area contributed by atoms with Crippen molar-refractivity contribution in [1.82, 2.24) is 19.9 Å². The van der Waals surface area contributed by atoms with E-state index in [0.717, 1.165) is 17.0 Å². The number of rotatable bonds is 6. The average molecular weight is 364 g/mol. The van der Waals surface area contributed by atoms with E-state index in [1.165, 1.54) is 24.5 Å². The van der Waals surface area contributed by atoms with Crippen LogP contribution in [0.15, 0.2) is 41.2 Å². The smallest absolute Gasteiger partial charge is 0.266 e. The van der Waals surface area contributed by atoms with Crippen molar-refractivity contribution in [1.29, 1.82) is 0 Å². The Morgan fingerprint density at radius 1 is 1.30 bits per heavy atom. The van der Waals surface area contributed by atoms with E-state index in [4.69, 9.17) is 0 Å². The van der Waals surface area contributed by atoms with Gasteiger partial charge in [-0.25, -0.2) is 9.50 Å². The van der Waals surface area contributed by atoms with Gasteiger partial charge < -0.3 is 5.32 Å². The van der Waals surface area contributed by atoms with Crippen LogP contribution < -0.4 is 10.9 Å². The topological polar surface area (TPSA) is 79.3 Å². The molecule has 1 saturated carbocycles. The lowest BCUT2D eigenvalue weighted by molar-refractivity contribution is -0.122. The number of benzene rings is 1. The highest BCUT2D eigenvalue weighted by Gasteiger charge is 2.33. The first-order chi connectivity index (χ1) is 13.0. The van der Waals surface area contributed by atoms with Gasteiger partial charge in [-0.2, -0.15) is 0 Å². The Labute approximate surface area is 157 Å². The van der Waals surface area contributed by atoms with Crippen LogP contribution in [-0.4, -0.2) is 20.5 Å². The second-order valence-corrected chi connectivity index (χ2v) is 7.37. The summed E-state index contributed by atoms with van der Waals surface area (Å²) in [7, 11) is 0. The lowest BCUT2D eigenvalue weighted by Crippen LogP contribution is -2.30. The second kappa shape index (κ2) is 7.02. The van der Waals surface area contributed by atoms with Crippen LogP contribution in [0.25, 0.3) is 5.65 Å². The summed E-state index contributed by atoms with van der Waals surface area (Å²) in [5.74, 6) is 0.596. The molecule has 6 heteroatoms. The van der Waals surface area contributed by atoms with Crippen LogP contribution in [0.3, 0.4) is 0 Å². The number of H-pyrrole nitrogens is 1. The predicted molar refractivity (Wildman–Crippen MR) is 104 cm³/mol. The molecule has 1 aliphatic carbocycles. The van der Waals surface area contributed by atoms with Crippen molar-refractivity contribution in [3.8, 4) is 0 Å². The molecule has 0 unspecified atom stereocenters. The molecule has 1 atom stereocenters. The summed E-state index contributed by atoms with van der Waals surface area (Å²) < 4.78 is 1.69. The van der Waals surface area contributed by atoms with Crippen molar-refractivity contribution < 1.29 is 4.79 Å². The maximum Gasteiger partial charge on any atom is 0.266 e. The molecular weight excluding hydrogens is 340 g/mol. The van der Waals surface area contributed by atoms with Crippen LogP contribution in [0.1, 0.15) is 47.8 Å². The highest BCUT2D eigenvalue weighted by Crippen LogP contribution is 2.41. The van der Waals surface area contributed by atoms with Crippen LogP contribution >= 0.6 is 0 Å². The van der Waals surface area contributed by atoms with Gasteiger partial charge in [-0.3, -0.25) is 14.7 Å². The van der Waals surface area contributed by atoms with Gasteiger partial charge >= 0.3 is 0 Å². The molecule has 0 bridgehead atoms. The Kier molecular flexibility index (Phi) is 4.56. The van der Waals surface area contributed by atoms with Crippen LogP contribution in [0.5, 0.6) is 0 Å². The Hall–Kier alpha value is -2.89. The van der Waals surface area contributed by atoms with E-state index in [0.29, 0.717) is 24.4 Å². The minimum absolute atomic E-state index is 0.0515. The zero-order chi connectivity index (χ0) is 19.0. The van der Waals surface area contributed by atoms with Crippen molar-refractivity contribution >= 4 is 11.6 Å². The van der Waals surface area contributed by atoms with Crippen molar-refractivity contribution in [2.24, 2.45) is 5.92 Å². The lowest BCUT2D eigenvalue weighted by atomic mass is 10.0. The summed E-state index contributed by atoms with van der Waals surface area (Å²) in [5.41, 5.74) is 4.41. The molecule has 2 aromatic heterocycles. The third-order valence-corrected chi connectivity index (χ3v) is 5.37. The lowest BCUT2D eigenvalue weighted by Gasteiger charge is -2.19. The van der Waals surface area contributed by atoms with Gasteiger partial charge in [0.25, 0.3) is 5.56 Å². The summed E-state index contributed by atoms with van der Waals surface area (Å²) in [6, 6.07) is 11.8. The summed E-state index contributed by atoms with van der Waals surface area (Å²) in [6.45, 7) is 3.87. The first-order valence-corrected chi connectivity index (χ1v) is 9.45. The fraction of sp³-hybridized carbons (Fsp3) is 0.381. The van der Waals surface area contributed by atoms with Crippen molar-refractivity contribution in [3.05, 3.63) is 69.3 Å². The maximum absolute atomic E-state index is 12.6. The van der Waals surface area contributed by atoms with E-state index < -0.39 is 0 Å². The summed E-state index contributed by atoms with van der Waals surface area (Å²) >= 11 is 0. The summed E-state index contributed by atoms with van der Waals surface area (Å²) in [4.78, 5) is 28.7. The molecule has 1 amide bonds. The van der Waals surface area contributed by atoms with E-state index in [1.54, 1.807) is 4.52 Å². The van der Waals surface area contributed by atoms with E-state index >= 15 is 0 Å². The van der Waals surface area contributed by atoms with Crippen LogP contribution in [0, 0.1) is 19.8 Å². The largest absolute Gasteiger partial charge is 0.349 e. The van der Waals surface area contributed by atoms with E-state index in [-0.39, 0.29) is 17.5 Å². The fourth-order valence-corrected chi connectivity index (χ4v) is 3.76. The molecule has 3 aromatic rings. The van der Waals surface area contributed by atoms with Crippen LogP contribution in [-0.2, 0) is 11.2 Å². The number of nitrogens with one attached hydrogen (secondary N) is 2. The number of fused-ring (bicyclic) bond motifs is 1. The number of nitrogens with zero attached hydrogens (tertiary/aromatic N) is 2. The van der Waals surface area contributed by atoms with Crippen LogP contribution in [0.4, 0.5) is 0 Å². The molecule has 0 radical (unpaired) electrons. The summed E-state index contributed by atoms with van der Waals surface area (Å²) in [5, 5.41) is 5.98. The minimum Gasteiger partial charge on any atom is -0.349 e. The zero-order valence-electron chi connectivity index (χ0n) is 15.7. The van der Waals surface area contributed by atoms with Gasteiger partial charge in [0.2, 0.25) is 5.91 Å². The molecule has 0 saturated heterocycles. The third kappa shape index (κ3) is 3.65. The normalized spacial score (nSPS) is 15.0. The number of hydrogen-bond donors (Lipinski definition) is 2. The quantitative estimate of drug-likeness (QED) is 0.706. The van der Waals surface area contributed by atoms with Gasteiger partial charge in [0.15, 0.2) is 5.65 Å². The van der Waals surface area contributed by atoms with Crippen LogP contribution in [0.2, 0.25) is 0 Å². The first kappa shape index (κ1) is 17.5. The molecule has 1 aliphatic rings. The predicted octanol–water partition coefficient (Wildman–Crippen LogP) is 2.84. The monoisotopic (exact) mass is 364 g/mol. The van der Waals surface area contributed by atoms with Crippen molar-refractivity contribution in [2.75, 3.05) is 0 Å². The molecule has 4 rings (SSSR count). The Bertz CT molecular complexity index is 1030. The average Bonchev–Trinajstić information content (AvgIpc) is 3.42. The maximum atomic E-state index is 12.6. The highest BCUT2D eigenvalue weighted by atomic mass is 16.1. The number of aromatic amines is 1. The minimum atomic E-state index is -0.171. The van der Waals surface area contributed by atoms with Gasteiger partial charge in [-0.05, 0) is 50.2 Å². The highest BCUT2D eigenvalue weighted by molar-refractivity contribution is 5.77. The molecule has 0 aliphatic heterocycles. The molecule has 1 aromatic carbocycles. The SMILES string of the molecule is Cc1nc2cc(=O)[nH]n2c(C)c1CCC(=O)N[C@@H](c1ccccc1)C1CC1. The molecular formula is C21H24N4O2. The van der Waals surface area contributed by atoms with Crippen molar-refractivity contribution in [2.45, 2.75) is 45.6 Å². The standard InChI is InChI=1S/C21H24N4O2/c1-13-17(14(2)25-18(22-13)12-20(27)24-25)10-11-19(26)23-21(16-8-9-16)15-6-4-3-5-7-15/h3-7,12,16,21H,8-11H2,1-2H3,(H,23,26)(H,24,27)/t21-/m0/s1. The molecule has 6 nitrogen and oxygen atoms in total. The number of amides is 1. The van der Waals surface area contributed by atoms with E-state index in [9.17, 15) is 9.59 Å². The number of carbonyl (C=O) groups is 1. The van der Waals surface area contributed by atoms with Crippen molar-refractivity contribution in [3.63, 3.8) is 0 Å². The first-order valence-electron chi connectivity index (χ1n) is 9.45. The number of hydrogen-bond acceptors (Lipinski definition) is 3. The molecule has 1 fully saturated rings. The number of aryl methyl sites for hydroxylation is 2. The van der Waals surface area contributed by atoms with E-state index in [1.807, 2.05) is 32.0 Å². The van der Waals surface area contributed by atoms with Gasteiger partial charge in [-0.1, -0.05) is 30.3 Å². The Morgan fingerprint density at radius 2 is 2.04 bits per heavy atom. The molecule has 0 spiro atoms. The van der Waals surface area contributed by atoms with Gasteiger partial charge in [0.05, 0.1) is 6.04 Å². The molecule has 2 heterocycles.